The number of nitrogens with zero attached hydrogens (tertiary/aromatic N) is 1. The highest BCUT2D eigenvalue weighted by molar-refractivity contribution is 4.90. The second-order valence-corrected chi connectivity index (χ2v) is 4.39. The number of hydrogen-bond acceptors (Lipinski definition) is 3. The van der Waals surface area contributed by atoms with Gasteiger partial charge in [-0.05, 0) is 25.7 Å². The van der Waals surface area contributed by atoms with Gasteiger partial charge in [0.05, 0.1) is 6.10 Å². The highest BCUT2D eigenvalue weighted by Crippen LogP contribution is 2.27. The van der Waals surface area contributed by atoms with Crippen LogP contribution < -0.4 is 5.73 Å². The van der Waals surface area contributed by atoms with Gasteiger partial charge in [-0.3, -0.25) is 4.90 Å². The fourth-order valence-electron chi connectivity index (χ4n) is 2.51. The number of nitrogens with two attached hydrogens (primary N) is 1. The van der Waals surface area contributed by atoms with E-state index in [9.17, 15) is 0 Å². The van der Waals surface area contributed by atoms with Gasteiger partial charge in [-0.2, -0.15) is 0 Å². The molecule has 1 aliphatic carbocycles. The smallest absolute Gasteiger partial charge is 0.0586 e. The molecule has 0 amide bonds. The summed E-state index contributed by atoms with van der Waals surface area (Å²) in [4.78, 5) is 2.51. The molecule has 1 saturated carbocycles. The predicted molar refractivity (Wildman–Crippen MR) is 52.6 cm³/mol. The maximum Gasteiger partial charge on any atom is 0.0586 e. The minimum absolute atomic E-state index is 0.433. The van der Waals surface area contributed by atoms with E-state index in [0.717, 1.165) is 19.1 Å². The lowest BCUT2D eigenvalue weighted by Gasteiger charge is -2.45. The highest BCUT2D eigenvalue weighted by Gasteiger charge is 2.33. The third kappa shape index (κ3) is 2.03. The zero-order valence-electron chi connectivity index (χ0n) is 8.41. The Kier molecular flexibility index (Phi) is 2.86. The normalized spacial score (nSPS) is 37.4. The van der Waals surface area contributed by atoms with Crippen molar-refractivity contribution < 1.29 is 4.74 Å². The van der Waals surface area contributed by atoms with Crippen LogP contribution in [0, 0.1) is 0 Å². The maximum absolute atomic E-state index is 5.77. The van der Waals surface area contributed by atoms with Gasteiger partial charge in [-0.15, -0.1) is 0 Å². The topological polar surface area (TPSA) is 38.5 Å². The summed E-state index contributed by atoms with van der Waals surface area (Å²) in [5.74, 6) is 0. The van der Waals surface area contributed by atoms with Crippen LogP contribution in [0.5, 0.6) is 0 Å². The first-order valence-corrected chi connectivity index (χ1v) is 5.32. The third-order valence-electron chi connectivity index (χ3n) is 3.39. The Morgan fingerprint density at radius 1 is 1.31 bits per heavy atom. The summed E-state index contributed by atoms with van der Waals surface area (Å²) < 4.78 is 5.41. The van der Waals surface area contributed by atoms with E-state index < -0.39 is 0 Å². The van der Waals surface area contributed by atoms with E-state index in [0.29, 0.717) is 12.1 Å². The lowest BCUT2D eigenvalue weighted by atomic mass is 9.89. The van der Waals surface area contributed by atoms with Crippen LogP contribution in [0.25, 0.3) is 0 Å². The lowest BCUT2D eigenvalue weighted by Crippen LogP contribution is -2.60. The summed E-state index contributed by atoms with van der Waals surface area (Å²) >= 11 is 0. The van der Waals surface area contributed by atoms with Gasteiger partial charge < -0.3 is 10.5 Å². The van der Waals surface area contributed by atoms with Gasteiger partial charge in [-0.25, -0.2) is 0 Å². The molecular weight excluding hydrogens is 164 g/mol. The van der Waals surface area contributed by atoms with Gasteiger partial charge in [0.15, 0.2) is 0 Å². The summed E-state index contributed by atoms with van der Waals surface area (Å²) in [6, 6.07) is 1.18. The highest BCUT2D eigenvalue weighted by atomic mass is 16.5. The van der Waals surface area contributed by atoms with Gasteiger partial charge in [0.2, 0.25) is 0 Å². The van der Waals surface area contributed by atoms with E-state index in [1.54, 1.807) is 0 Å². The molecule has 0 aromatic rings. The minimum Gasteiger partial charge on any atom is -0.381 e. The van der Waals surface area contributed by atoms with Gasteiger partial charge in [0.25, 0.3) is 0 Å². The number of likely N-dealkylation sites (tertiary alicyclic amines) is 1. The van der Waals surface area contributed by atoms with Crippen molar-refractivity contribution in [3.05, 3.63) is 0 Å². The van der Waals surface area contributed by atoms with E-state index in [1.807, 2.05) is 7.11 Å². The molecule has 3 nitrogen and oxygen atoms in total. The third-order valence-corrected chi connectivity index (χ3v) is 3.39. The summed E-state index contributed by atoms with van der Waals surface area (Å²) in [5, 5.41) is 0. The Labute approximate surface area is 80.2 Å². The first-order valence-electron chi connectivity index (χ1n) is 5.32. The predicted octanol–water partition coefficient (Wildman–Crippen LogP) is 0.587. The number of rotatable bonds is 2. The summed E-state index contributed by atoms with van der Waals surface area (Å²) in [6.07, 6.45) is 5.60. The molecule has 2 rings (SSSR count). The van der Waals surface area contributed by atoms with Crippen molar-refractivity contribution in [2.45, 2.75) is 43.9 Å². The van der Waals surface area contributed by atoms with Crippen LogP contribution in [0.2, 0.25) is 0 Å². The van der Waals surface area contributed by atoms with Gasteiger partial charge in [0.1, 0.15) is 0 Å². The van der Waals surface area contributed by atoms with E-state index >= 15 is 0 Å². The maximum atomic E-state index is 5.77. The molecule has 0 bridgehead atoms. The zero-order valence-corrected chi connectivity index (χ0v) is 8.41. The summed E-state index contributed by atoms with van der Waals surface area (Å²) in [5.41, 5.74) is 5.77. The van der Waals surface area contributed by atoms with E-state index in [4.69, 9.17) is 10.5 Å². The molecule has 2 atom stereocenters. The van der Waals surface area contributed by atoms with Crippen LogP contribution in [0.15, 0.2) is 0 Å². The average molecular weight is 184 g/mol. The van der Waals surface area contributed by atoms with E-state index in [-0.39, 0.29) is 0 Å². The number of methoxy groups -OCH3 is 1. The molecule has 0 spiro atoms. The summed E-state index contributed by atoms with van der Waals surface area (Å²) in [6.45, 7) is 2.20. The van der Waals surface area contributed by atoms with E-state index in [2.05, 4.69) is 4.90 Å². The van der Waals surface area contributed by atoms with Crippen molar-refractivity contribution in [1.82, 2.24) is 4.90 Å². The quantitative estimate of drug-likeness (QED) is 0.682. The molecule has 2 fully saturated rings. The van der Waals surface area contributed by atoms with Crippen LogP contribution in [0.1, 0.15) is 25.7 Å². The Morgan fingerprint density at radius 3 is 2.69 bits per heavy atom. The first-order chi connectivity index (χ1) is 6.29. The molecule has 1 saturated heterocycles. The Morgan fingerprint density at radius 2 is 2.08 bits per heavy atom. The second kappa shape index (κ2) is 3.95. The molecule has 3 heteroatoms. The lowest BCUT2D eigenvalue weighted by molar-refractivity contribution is 0.00226. The van der Waals surface area contributed by atoms with E-state index in [1.165, 1.54) is 25.7 Å². The van der Waals surface area contributed by atoms with Gasteiger partial charge in [0, 0.05) is 32.3 Å². The van der Waals surface area contributed by atoms with Crippen molar-refractivity contribution in [3.63, 3.8) is 0 Å². The largest absolute Gasteiger partial charge is 0.381 e. The summed E-state index contributed by atoms with van der Waals surface area (Å²) in [7, 11) is 1.83. The molecule has 1 heterocycles. The fraction of sp³-hybridized carbons (Fsp3) is 1.00. The SMILES string of the molecule is COC1CCCC(N2CC(N)C2)C1. The first kappa shape index (κ1) is 9.44. The molecule has 13 heavy (non-hydrogen) atoms. The van der Waals surface area contributed by atoms with Crippen LogP contribution >= 0.6 is 0 Å². The molecular formula is C10H20N2O. The molecule has 2 N–H and O–H groups in total. The Bertz CT molecular complexity index is 168. The number of ether oxygens (including phenoxy) is 1. The van der Waals surface area contributed by atoms with Crippen molar-refractivity contribution in [3.8, 4) is 0 Å². The van der Waals surface area contributed by atoms with Crippen molar-refractivity contribution in [1.29, 1.82) is 0 Å². The zero-order chi connectivity index (χ0) is 9.26. The fourth-order valence-corrected chi connectivity index (χ4v) is 2.51. The number of hydrogen-bond donors (Lipinski definition) is 1. The Hall–Kier alpha value is -0.120. The molecule has 76 valence electrons. The average Bonchev–Trinajstić information content (AvgIpc) is 2.13. The van der Waals surface area contributed by atoms with Gasteiger partial charge >= 0.3 is 0 Å². The minimum atomic E-state index is 0.433. The molecule has 0 aromatic heterocycles. The molecule has 1 aliphatic heterocycles. The monoisotopic (exact) mass is 184 g/mol. The van der Waals surface area contributed by atoms with Crippen molar-refractivity contribution in [2.75, 3.05) is 20.2 Å². The molecule has 0 aromatic carbocycles. The molecule has 2 aliphatic rings. The van der Waals surface area contributed by atoms with Crippen molar-refractivity contribution in [2.24, 2.45) is 5.73 Å². The molecule has 2 unspecified atom stereocenters. The van der Waals surface area contributed by atoms with Crippen LogP contribution in [-0.4, -0.2) is 43.3 Å². The van der Waals surface area contributed by atoms with Crippen LogP contribution in [0.4, 0.5) is 0 Å². The van der Waals surface area contributed by atoms with Gasteiger partial charge in [-0.1, -0.05) is 0 Å². The Balaban J connectivity index is 1.79. The van der Waals surface area contributed by atoms with Crippen LogP contribution in [-0.2, 0) is 4.74 Å². The van der Waals surface area contributed by atoms with Crippen molar-refractivity contribution >= 4 is 0 Å². The van der Waals surface area contributed by atoms with Crippen LogP contribution in [0.3, 0.4) is 0 Å². The standard InChI is InChI=1S/C10H20N2O/c1-13-10-4-2-3-9(5-10)12-6-8(11)7-12/h8-10H,2-7,11H2,1H3. The second-order valence-electron chi connectivity index (χ2n) is 4.39. The molecule has 0 radical (unpaired) electrons.